The maximum Gasteiger partial charge on any atom is 0.0869 e. The van der Waals surface area contributed by atoms with Gasteiger partial charge in [0, 0.05) is 0 Å². The third kappa shape index (κ3) is 1.94. The van der Waals surface area contributed by atoms with Crippen LogP contribution >= 0.6 is 11.8 Å². The number of rotatable bonds is 0. The Labute approximate surface area is 178 Å². The van der Waals surface area contributed by atoms with Crippen LogP contribution in [-0.4, -0.2) is 0 Å². The Kier molecular flexibility index (Phi) is 3.31. The molecule has 2 unspecified atom stereocenters. The molecule has 0 radical (unpaired) electrons. The van der Waals surface area contributed by atoms with Gasteiger partial charge in [0.25, 0.3) is 0 Å². The fourth-order valence-corrected chi connectivity index (χ4v) is 8.99. The molecular formula is C28H28S. The van der Waals surface area contributed by atoms with Gasteiger partial charge in [-0.05, 0) is 76.1 Å². The van der Waals surface area contributed by atoms with E-state index in [1.165, 1.54) is 39.8 Å². The minimum Gasteiger partial charge on any atom is -0.129 e. The molecule has 3 aliphatic rings. The van der Waals surface area contributed by atoms with Crippen molar-refractivity contribution in [3.05, 3.63) is 94.0 Å². The van der Waals surface area contributed by atoms with Crippen LogP contribution in [0.3, 0.4) is 0 Å². The van der Waals surface area contributed by atoms with Crippen LogP contribution in [0.2, 0.25) is 0 Å². The predicted molar refractivity (Wildman–Crippen MR) is 124 cm³/mol. The minimum atomic E-state index is 0.0575. The molecule has 1 heterocycles. The highest BCUT2D eigenvalue weighted by Crippen LogP contribution is 2.88. The summed E-state index contributed by atoms with van der Waals surface area (Å²) in [6, 6.07) is 23.1. The molecule has 29 heavy (non-hydrogen) atoms. The van der Waals surface area contributed by atoms with Gasteiger partial charge < -0.3 is 0 Å². The topological polar surface area (TPSA) is 0 Å². The third-order valence-electron chi connectivity index (χ3n) is 7.77. The van der Waals surface area contributed by atoms with Crippen LogP contribution in [0.15, 0.2) is 60.7 Å². The van der Waals surface area contributed by atoms with E-state index in [2.05, 4.69) is 107 Å². The molecule has 0 amide bonds. The van der Waals surface area contributed by atoms with Crippen LogP contribution in [0.4, 0.5) is 0 Å². The van der Waals surface area contributed by atoms with E-state index < -0.39 is 0 Å². The first kappa shape index (κ1) is 17.8. The van der Waals surface area contributed by atoms with E-state index >= 15 is 0 Å². The summed E-state index contributed by atoms with van der Waals surface area (Å²) in [5, 5.41) is 0. The molecule has 1 fully saturated rings. The Balaban J connectivity index is 1.72. The second-order valence-electron chi connectivity index (χ2n) is 10.3. The van der Waals surface area contributed by atoms with Crippen LogP contribution in [0.5, 0.6) is 0 Å². The molecule has 3 aromatic rings. The van der Waals surface area contributed by atoms with E-state index in [1.54, 1.807) is 11.1 Å². The van der Waals surface area contributed by atoms with Crippen molar-refractivity contribution in [3.63, 3.8) is 0 Å². The van der Waals surface area contributed by atoms with Crippen LogP contribution < -0.4 is 0 Å². The fraction of sp³-hybridized carbons (Fsp3) is 0.357. The maximum atomic E-state index is 2.45. The van der Waals surface area contributed by atoms with Crippen LogP contribution in [0.25, 0.3) is 11.1 Å². The van der Waals surface area contributed by atoms with Crippen LogP contribution in [-0.2, 0) is 15.9 Å². The molecule has 1 aliphatic heterocycles. The monoisotopic (exact) mass is 396 g/mol. The third-order valence-corrected chi connectivity index (χ3v) is 9.75. The van der Waals surface area contributed by atoms with Gasteiger partial charge in [-0.3, -0.25) is 0 Å². The zero-order valence-electron chi connectivity index (χ0n) is 18.0. The Morgan fingerprint density at radius 2 is 1.34 bits per heavy atom. The van der Waals surface area contributed by atoms with E-state index in [1.807, 2.05) is 0 Å². The molecule has 0 nitrogen and oxygen atoms in total. The number of benzene rings is 3. The second kappa shape index (κ2) is 5.38. The number of fused-ring (bicyclic) bond motifs is 8. The minimum absolute atomic E-state index is 0.0575. The maximum absolute atomic E-state index is 2.45. The summed E-state index contributed by atoms with van der Waals surface area (Å²) >= 11 is 2.24. The highest BCUT2D eigenvalue weighted by Gasteiger charge is 2.79. The van der Waals surface area contributed by atoms with E-state index in [0.29, 0.717) is 5.92 Å². The lowest BCUT2D eigenvalue weighted by atomic mass is 9.66. The van der Waals surface area contributed by atoms with Crippen LogP contribution in [0.1, 0.15) is 54.2 Å². The average Bonchev–Trinajstić information content (AvgIpc) is 3.09. The first-order chi connectivity index (χ1) is 13.8. The lowest BCUT2D eigenvalue weighted by Gasteiger charge is -2.35. The predicted octanol–water partition coefficient (Wildman–Crippen LogP) is 7.39. The number of thioether (sulfide) groups is 1. The van der Waals surface area contributed by atoms with Crippen molar-refractivity contribution in [3.8, 4) is 11.1 Å². The highest BCUT2D eigenvalue weighted by molar-refractivity contribution is 8.08. The molecule has 146 valence electrons. The smallest absolute Gasteiger partial charge is 0.0869 e. The molecule has 2 aliphatic carbocycles. The van der Waals surface area contributed by atoms with Gasteiger partial charge >= 0.3 is 0 Å². The molecule has 0 N–H and O–H groups in total. The average molecular weight is 397 g/mol. The van der Waals surface area contributed by atoms with Gasteiger partial charge in [-0.1, -0.05) is 81.4 Å². The van der Waals surface area contributed by atoms with Gasteiger partial charge in [0.1, 0.15) is 0 Å². The SMILES string of the molecule is Cc1ccc(C)c2c1CC(C(C)(C)C)C21SC12c1ccccc1-c1ccccc12. The Morgan fingerprint density at radius 1 is 0.793 bits per heavy atom. The summed E-state index contributed by atoms with van der Waals surface area (Å²) in [6.45, 7) is 12.0. The number of hydrogen-bond donors (Lipinski definition) is 0. The van der Waals surface area contributed by atoms with Crippen molar-refractivity contribution < 1.29 is 0 Å². The van der Waals surface area contributed by atoms with Crippen molar-refractivity contribution in [2.24, 2.45) is 11.3 Å². The van der Waals surface area contributed by atoms with Crippen molar-refractivity contribution in [2.45, 2.75) is 50.5 Å². The largest absolute Gasteiger partial charge is 0.129 e. The summed E-state index contributed by atoms with van der Waals surface area (Å²) in [4.78, 5) is 0. The van der Waals surface area contributed by atoms with Crippen molar-refractivity contribution in [1.82, 2.24) is 0 Å². The summed E-state index contributed by atoms with van der Waals surface area (Å²) in [5.41, 5.74) is 12.4. The first-order valence-corrected chi connectivity index (χ1v) is 11.6. The molecule has 6 rings (SSSR count). The van der Waals surface area contributed by atoms with Gasteiger partial charge in [-0.25, -0.2) is 0 Å². The Bertz CT molecular complexity index is 1130. The first-order valence-electron chi connectivity index (χ1n) is 10.8. The summed E-state index contributed by atoms with van der Waals surface area (Å²) in [7, 11) is 0. The summed E-state index contributed by atoms with van der Waals surface area (Å²) in [6.07, 6.45) is 1.20. The number of aryl methyl sites for hydroxylation is 2. The van der Waals surface area contributed by atoms with E-state index in [9.17, 15) is 0 Å². The second-order valence-corrected chi connectivity index (χ2v) is 11.7. The normalized spacial score (nSPS) is 25.2. The molecule has 2 atom stereocenters. The zero-order chi connectivity index (χ0) is 20.2. The van der Waals surface area contributed by atoms with Gasteiger partial charge in [-0.2, -0.15) is 0 Å². The Hall–Kier alpha value is -1.99. The zero-order valence-corrected chi connectivity index (χ0v) is 18.8. The Morgan fingerprint density at radius 3 is 1.93 bits per heavy atom. The van der Waals surface area contributed by atoms with Crippen molar-refractivity contribution in [2.75, 3.05) is 0 Å². The van der Waals surface area contributed by atoms with E-state index in [-0.39, 0.29) is 14.9 Å². The van der Waals surface area contributed by atoms with Gasteiger partial charge in [0.15, 0.2) is 0 Å². The van der Waals surface area contributed by atoms with Crippen molar-refractivity contribution >= 4 is 11.8 Å². The molecule has 0 bridgehead atoms. The highest BCUT2D eigenvalue weighted by atomic mass is 32.2. The molecular weight excluding hydrogens is 368 g/mol. The van der Waals surface area contributed by atoms with Crippen LogP contribution in [0, 0.1) is 25.2 Å². The molecule has 1 heteroatoms. The molecule has 0 aromatic heterocycles. The lowest BCUT2D eigenvalue weighted by molar-refractivity contribution is 0.201. The molecule has 3 aromatic carbocycles. The summed E-state index contributed by atoms with van der Waals surface area (Å²) < 4.78 is 0.196. The van der Waals surface area contributed by atoms with Gasteiger partial charge in [0.05, 0.1) is 9.49 Å². The molecule has 2 spiro atoms. The number of hydrogen-bond acceptors (Lipinski definition) is 1. The standard InChI is InChI=1S/C28H28S/c1-17-14-15-18(2)25-21(17)16-24(26(3,4)5)28(25)27(29-28)22-12-8-6-10-19(22)20-11-7-9-13-23(20)27/h6-15,24H,16H2,1-5H3. The summed E-state index contributed by atoms with van der Waals surface area (Å²) in [5.74, 6) is 0.619. The molecule has 1 saturated heterocycles. The van der Waals surface area contributed by atoms with Gasteiger partial charge in [-0.15, -0.1) is 11.8 Å². The van der Waals surface area contributed by atoms with Crippen molar-refractivity contribution in [1.29, 1.82) is 0 Å². The van der Waals surface area contributed by atoms with Gasteiger partial charge in [0.2, 0.25) is 0 Å². The van der Waals surface area contributed by atoms with E-state index in [4.69, 9.17) is 0 Å². The molecule has 0 saturated carbocycles. The quantitative estimate of drug-likeness (QED) is 0.357. The van der Waals surface area contributed by atoms with E-state index in [0.717, 1.165) is 0 Å². The fourth-order valence-electron chi connectivity index (χ4n) is 6.55. The lowest BCUT2D eigenvalue weighted by Crippen LogP contribution is -2.35.